The summed E-state index contributed by atoms with van der Waals surface area (Å²) in [5.41, 5.74) is 8.39. The minimum Gasteiger partial charge on any atom is -0.496 e. The van der Waals surface area contributed by atoms with E-state index in [4.69, 9.17) is 20.0 Å². The molecular weight excluding hydrogens is 596 g/mol. The van der Waals surface area contributed by atoms with Crippen molar-refractivity contribution in [3.8, 4) is 11.5 Å². The number of fused-ring (bicyclic) bond motifs is 1. The number of ether oxygens (including phenoxy) is 2. The van der Waals surface area contributed by atoms with Crippen LogP contribution < -0.4 is 20.2 Å². The summed E-state index contributed by atoms with van der Waals surface area (Å²) in [5, 5.41) is 1.40. The van der Waals surface area contributed by atoms with Crippen LogP contribution in [0.15, 0.2) is 42.5 Å². The number of nitrogens with two attached hydrogens (primary N) is 1. The Balaban J connectivity index is 1.02. The molecule has 2 amide bonds. The second-order valence-electron chi connectivity index (χ2n) is 12.8. The van der Waals surface area contributed by atoms with E-state index in [-0.39, 0.29) is 41.2 Å². The summed E-state index contributed by atoms with van der Waals surface area (Å²) >= 11 is 0. The molecule has 1 saturated carbocycles. The van der Waals surface area contributed by atoms with Gasteiger partial charge in [-0.15, -0.1) is 5.06 Å². The number of carbonyl (C=O) groups excluding carboxylic acids is 2. The second kappa shape index (κ2) is 13.2. The van der Waals surface area contributed by atoms with Crippen molar-refractivity contribution in [2.75, 3.05) is 43.9 Å². The van der Waals surface area contributed by atoms with Crippen molar-refractivity contribution < 1.29 is 32.3 Å². The number of hydroxylamine groups is 2. The molecule has 0 unspecified atom stereocenters. The number of rotatable bonds is 9. The van der Waals surface area contributed by atoms with Crippen molar-refractivity contribution in [2.24, 2.45) is 5.73 Å². The summed E-state index contributed by atoms with van der Waals surface area (Å²) in [6.45, 7) is 2.26. The van der Waals surface area contributed by atoms with E-state index in [1.54, 1.807) is 33.1 Å². The van der Waals surface area contributed by atoms with E-state index < -0.39 is 9.84 Å². The standard InChI is InChI=1S/C33H44N4O7S/c1-42-30-22-26(44-36-19-12-27(13-20-36)45(40,41)21-16-33(34)14-4-5-15-33)8-9-28(30)31(38)35-17-10-25(11-18-35)37-29-7-3-2-6-24(29)23-43-32(37)39/h2-3,6-9,22,25,27H,4-5,10-21,23,34H2,1H3. The van der Waals surface area contributed by atoms with Gasteiger partial charge in [0.2, 0.25) is 0 Å². The Morgan fingerprint density at radius 2 is 1.73 bits per heavy atom. The van der Waals surface area contributed by atoms with Crippen molar-refractivity contribution in [2.45, 2.75) is 81.2 Å². The molecule has 0 spiro atoms. The predicted molar refractivity (Wildman–Crippen MR) is 170 cm³/mol. The molecule has 3 aliphatic heterocycles. The lowest BCUT2D eigenvalue weighted by Gasteiger charge is -2.40. The number of methoxy groups -OCH3 is 1. The normalized spacial score (nSPS) is 21.3. The van der Waals surface area contributed by atoms with Gasteiger partial charge in [-0.05, 0) is 63.1 Å². The number of carbonyl (C=O) groups is 2. The van der Waals surface area contributed by atoms with Gasteiger partial charge in [0.1, 0.15) is 12.4 Å². The number of benzene rings is 2. The van der Waals surface area contributed by atoms with Crippen LogP contribution >= 0.6 is 0 Å². The number of cyclic esters (lactones) is 1. The minimum atomic E-state index is -3.22. The van der Waals surface area contributed by atoms with Gasteiger partial charge in [-0.2, -0.15) is 0 Å². The van der Waals surface area contributed by atoms with Crippen molar-refractivity contribution in [3.63, 3.8) is 0 Å². The number of likely N-dealkylation sites (tertiary alicyclic amines) is 1. The monoisotopic (exact) mass is 640 g/mol. The largest absolute Gasteiger partial charge is 0.496 e. The van der Waals surface area contributed by atoms with Gasteiger partial charge >= 0.3 is 6.09 Å². The molecule has 45 heavy (non-hydrogen) atoms. The average molecular weight is 641 g/mol. The van der Waals surface area contributed by atoms with E-state index >= 15 is 0 Å². The fourth-order valence-corrected chi connectivity index (χ4v) is 9.15. The zero-order valence-electron chi connectivity index (χ0n) is 26.0. The smallest absolute Gasteiger partial charge is 0.414 e. The van der Waals surface area contributed by atoms with Gasteiger partial charge in [-0.3, -0.25) is 9.69 Å². The van der Waals surface area contributed by atoms with Crippen LogP contribution in [0, 0.1) is 0 Å². The number of para-hydroxylation sites is 1. The highest BCUT2D eigenvalue weighted by Gasteiger charge is 2.37. The molecule has 2 saturated heterocycles. The SMILES string of the molecule is COc1cc(ON2CCC(S(=O)(=O)CCC3(N)CCCC3)CC2)ccc1C(=O)N1CCC(N2C(=O)OCc3ccccc32)CC1. The lowest BCUT2D eigenvalue weighted by molar-refractivity contribution is -0.0713. The van der Waals surface area contributed by atoms with Gasteiger partial charge in [-0.25, -0.2) is 13.2 Å². The van der Waals surface area contributed by atoms with Crippen LogP contribution in [0.3, 0.4) is 0 Å². The molecule has 2 N–H and O–H groups in total. The zero-order valence-corrected chi connectivity index (χ0v) is 26.8. The van der Waals surface area contributed by atoms with Gasteiger partial charge < -0.3 is 24.9 Å². The summed E-state index contributed by atoms with van der Waals surface area (Å²) in [6, 6.07) is 12.9. The third kappa shape index (κ3) is 6.92. The van der Waals surface area contributed by atoms with Crippen molar-refractivity contribution in [1.29, 1.82) is 0 Å². The molecule has 1 aliphatic carbocycles. The zero-order chi connectivity index (χ0) is 31.6. The molecule has 244 valence electrons. The lowest BCUT2D eigenvalue weighted by Crippen LogP contribution is -2.50. The van der Waals surface area contributed by atoms with E-state index in [1.807, 2.05) is 24.3 Å². The Morgan fingerprint density at radius 3 is 2.44 bits per heavy atom. The van der Waals surface area contributed by atoms with Crippen LogP contribution in [0.1, 0.15) is 73.7 Å². The van der Waals surface area contributed by atoms with E-state index in [2.05, 4.69) is 0 Å². The Labute approximate surface area is 265 Å². The molecule has 2 aromatic carbocycles. The maximum absolute atomic E-state index is 13.5. The molecule has 0 radical (unpaired) electrons. The van der Waals surface area contributed by atoms with Crippen LogP contribution in [0.4, 0.5) is 10.5 Å². The molecule has 12 heteroatoms. The van der Waals surface area contributed by atoms with Crippen LogP contribution in [0.25, 0.3) is 0 Å². The number of nitrogens with zero attached hydrogens (tertiary/aromatic N) is 3. The van der Waals surface area contributed by atoms with E-state index in [1.165, 1.54) is 7.11 Å². The molecule has 11 nitrogen and oxygen atoms in total. The van der Waals surface area contributed by atoms with Crippen LogP contribution in [0.5, 0.6) is 11.5 Å². The first kappa shape index (κ1) is 31.6. The van der Waals surface area contributed by atoms with E-state index in [9.17, 15) is 18.0 Å². The first-order valence-electron chi connectivity index (χ1n) is 16.1. The Morgan fingerprint density at radius 1 is 1.02 bits per heavy atom. The van der Waals surface area contributed by atoms with Gasteiger partial charge in [0.15, 0.2) is 15.6 Å². The van der Waals surface area contributed by atoms with Crippen LogP contribution in [-0.2, 0) is 21.2 Å². The number of amides is 2. The molecule has 3 fully saturated rings. The minimum absolute atomic E-state index is 0.0515. The first-order valence-corrected chi connectivity index (χ1v) is 17.8. The highest BCUT2D eigenvalue weighted by Crippen LogP contribution is 2.34. The average Bonchev–Trinajstić information content (AvgIpc) is 3.50. The van der Waals surface area contributed by atoms with Crippen LogP contribution in [0.2, 0.25) is 0 Å². The molecule has 6 rings (SSSR count). The molecule has 2 aromatic rings. The summed E-state index contributed by atoms with van der Waals surface area (Å²) in [4.78, 5) is 35.8. The summed E-state index contributed by atoms with van der Waals surface area (Å²) in [5.74, 6) is 0.949. The second-order valence-corrected chi connectivity index (χ2v) is 15.2. The predicted octanol–water partition coefficient (Wildman–Crippen LogP) is 4.29. The van der Waals surface area contributed by atoms with Gasteiger partial charge in [0, 0.05) is 49.4 Å². The molecule has 3 heterocycles. The van der Waals surface area contributed by atoms with Gasteiger partial charge in [0.25, 0.3) is 5.91 Å². The maximum atomic E-state index is 13.5. The molecule has 4 aliphatic rings. The van der Waals surface area contributed by atoms with Gasteiger partial charge in [-0.1, -0.05) is 31.0 Å². The quantitative estimate of drug-likeness (QED) is 0.426. The molecular formula is C33H44N4O7S. The highest BCUT2D eigenvalue weighted by atomic mass is 32.2. The summed E-state index contributed by atoms with van der Waals surface area (Å²) < 4.78 is 37.1. The Kier molecular flexibility index (Phi) is 9.26. The Hall–Kier alpha value is -3.35. The van der Waals surface area contributed by atoms with E-state index in [0.29, 0.717) is 75.3 Å². The number of anilines is 1. The molecule has 0 atom stereocenters. The first-order chi connectivity index (χ1) is 21.7. The third-order valence-corrected chi connectivity index (χ3v) is 12.2. The van der Waals surface area contributed by atoms with Crippen molar-refractivity contribution in [1.82, 2.24) is 9.96 Å². The fraction of sp³-hybridized carbons (Fsp3) is 0.576. The van der Waals surface area contributed by atoms with Crippen molar-refractivity contribution >= 4 is 27.5 Å². The van der Waals surface area contributed by atoms with Crippen molar-refractivity contribution in [3.05, 3.63) is 53.6 Å². The number of sulfone groups is 1. The van der Waals surface area contributed by atoms with Gasteiger partial charge in [0.05, 0.1) is 29.4 Å². The Bertz CT molecular complexity index is 1490. The summed E-state index contributed by atoms with van der Waals surface area (Å²) in [6.07, 6.45) is 6.46. The number of hydrogen-bond donors (Lipinski definition) is 1. The topological polar surface area (TPSA) is 132 Å². The third-order valence-electron chi connectivity index (χ3n) is 9.95. The highest BCUT2D eigenvalue weighted by molar-refractivity contribution is 7.92. The maximum Gasteiger partial charge on any atom is 0.414 e. The number of piperidine rings is 2. The lowest BCUT2D eigenvalue weighted by atomic mass is 9.96. The number of hydrogen-bond acceptors (Lipinski definition) is 9. The molecule has 0 aromatic heterocycles. The molecule has 0 bridgehead atoms. The fourth-order valence-electron chi connectivity index (χ4n) is 7.20. The van der Waals surface area contributed by atoms with Crippen LogP contribution in [-0.4, -0.2) is 86.3 Å². The van der Waals surface area contributed by atoms with E-state index in [0.717, 1.165) is 36.9 Å². The summed E-state index contributed by atoms with van der Waals surface area (Å²) in [7, 11) is -1.69.